The highest BCUT2D eigenvalue weighted by Gasteiger charge is 2.06. The quantitative estimate of drug-likeness (QED) is 0.809. The van der Waals surface area contributed by atoms with E-state index in [4.69, 9.17) is 9.47 Å². The lowest BCUT2D eigenvalue weighted by atomic mass is 10.3. The maximum Gasteiger partial charge on any atom is 0.161 e. The molecule has 0 spiro atoms. The van der Waals surface area contributed by atoms with E-state index in [-0.39, 0.29) is 6.61 Å². The summed E-state index contributed by atoms with van der Waals surface area (Å²) in [6.45, 7) is 2.78. The van der Waals surface area contributed by atoms with Crippen LogP contribution in [0, 0.1) is 0 Å². The Morgan fingerprint density at radius 1 is 1.27 bits per heavy atom. The molecule has 4 heteroatoms. The van der Waals surface area contributed by atoms with Gasteiger partial charge in [-0.05, 0) is 19.1 Å². The third-order valence-corrected chi connectivity index (χ3v) is 2.51. The number of hydrogen-bond donors (Lipinski definition) is 1. The third-order valence-electron chi connectivity index (χ3n) is 1.76. The van der Waals surface area contributed by atoms with Gasteiger partial charge in [0.2, 0.25) is 0 Å². The van der Waals surface area contributed by atoms with Gasteiger partial charge in [-0.2, -0.15) is 0 Å². The van der Waals surface area contributed by atoms with Crippen molar-refractivity contribution in [3.05, 3.63) is 24.3 Å². The van der Waals surface area contributed by atoms with E-state index in [2.05, 4.69) is 15.9 Å². The number of rotatable bonds is 6. The number of aliphatic hydroxyl groups is 1. The molecule has 0 amide bonds. The lowest BCUT2D eigenvalue weighted by molar-refractivity contribution is 0.124. The average molecular weight is 275 g/mol. The molecule has 1 N–H and O–H groups in total. The Kier molecular flexibility index (Phi) is 5.50. The molecule has 0 saturated heterocycles. The van der Waals surface area contributed by atoms with E-state index in [1.54, 1.807) is 0 Å². The first-order valence-electron chi connectivity index (χ1n) is 4.86. The minimum Gasteiger partial charge on any atom is -0.490 e. The van der Waals surface area contributed by atoms with E-state index in [0.29, 0.717) is 23.4 Å². The Morgan fingerprint density at radius 2 is 1.87 bits per heavy atom. The number of aliphatic hydroxyl groups excluding tert-OH is 1. The van der Waals surface area contributed by atoms with Crippen LogP contribution in [0.15, 0.2) is 24.3 Å². The molecule has 84 valence electrons. The summed E-state index contributed by atoms with van der Waals surface area (Å²) in [5.41, 5.74) is 0. The second kappa shape index (κ2) is 6.69. The lowest BCUT2D eigenvalue weighted by Gasteiger charge is -2.13. The van der Waals surface area contributed by atoms with Crippen LogP contribution in [-0.4, -0.2) is 29.8 Å². The molecule has 3 nitrogen and oxygen atoms in total. The van der Waals surface area contributed by atoms with Crippen molar-refractivity contribution in [2.24, 2.45) is 0 Å². The van der Waals surface area contributed by atoms with Crippen LogP contribution >= 0.6 is 15.9 Å². The highest BCUT2D eigenvalue weighted by Crippen LogP contribution is 2.26. The highest BCUT2D eigenvalue weighted by molar-refractivity contribution is 9.09. The summed E-state index contributed by atoms with van der Waals surface area (Å²) in [5.74, 6) is 1.38. The van der Waals surface area contributed by atoms with Crippen LogP contribution in [-0.2, 0) is 0 Å². The van der Waals surface area contributed by atoms with Gasteiger partial charge in [0.15, 0.2) is 11.5 Å². The maximum atomic E-state index is 9.33. The number of ether oxygens (including phenoxy) is 2. The Balaban J connectivity index is 2.58. The minimum absolute atomic E-state index is 0.259. The second-order valence-corrected chi connectivity index (χ2v) is 3.65. The van der Waals surface area contributed by atoms with Gasteiger partial charge in [0.1, 0.15) is 6.61 Å². The van der Waals surface area contributed by atoms with Crippen molar-refractivity contribution < 1.29 is 14.6 Å². The molecule has 0 aliphatic carbocycles. The molecule has 1 unspecified atom stereocenters. The molecule has 0 saturated carbocycles. The molecular weight excluding hydrogens is 260 g/mol. The van der Waals surface area contributed by atoms with E-state index >= 15 is 0 Å². The fourth-order valence-corrected chi connectivity index (χ4v) is 1.26. The SMILES string of the molecule is CCOc1ccccc1OCC(O)CBr. The van der Waals surface area contributed by atoms with Gasteiger partial charge < -0.3 is 14.6 Å². The van der Waals surface area contributed by atoms with Crippen LogP contribution < -0.4 is 9.47 Å². The standard InChI is InChI=1S/C11H15BrO3/c1-2-14-10-5-3-4-6-11(10)15-8-9(13)7-12/h3-6,9,13H,2,7-8H2,1H3. The number of benzene rings is 1. The molecule has 0 aliphatic heterocycles. The zero-order valence-corrected chi connectivity index (χ0v) is 10.2. The molecule has 0 fully saturated rings. The number of halogens is 1. The molecule has 1 rings (SSSR count). The molecular formula is C11H15BrO3. The van der Waals surface area contributed by atoms with E-state index in [9.17, 15) is 5.11 Å². The smallest absolute Gasteiger partial charge is 0.161 e. The highest BCUT2D eigenvalue weighted by atomic mass is 79.9. The number of alkyl halides is 1. The Bertz CT molecular complexity index is 291. The van der Waals surface area contributed by atoms with Crippen molar-refractivity contribution in [1.29, 1.82) is 0 Å². The third kappa shape index (κ3) is 4.10. The van der Waals surface area contributed by atoms with Crippen LogP contribution in [0.1, 0.15) is 6.92 Å². The van der Waals surface area contributed by atoms with Gasteiger partial charge in [-0.25, -0.2) is 0 Å². The molecule has 0 aromatic heterocycles. The Hall–Kier alpha value is -0.740. The zero-order chi connectivity index (χ0) is 11.1. The Morgan fingerprint density at radius 3 is 2.40 bits per heavy atom. The normalized spacial score (nSPS) is 12.2. The number of hydrogen-bond acceptors (Lipinski definition) is 3. The largest absolute Gasteiger partial charge is 0.490 e. The van der Waals surface area contributed by atoms with Crippen molar-refractivity contribution in [1.82, 2.24) is 0 Å². The summed E-state index contributed by atoms with van der Waals surface area (Å²) in [6.07, 6.45) is -0.500. The predicted molar refractivity (Wildman–Crippen MR) is 62.9 cm³/mol. The second-order valence-electron chi connectivity index (χ2n) is 3.00. The first-order chi connectivity index (χ1) is 7.27. The van der Waals surface area contributed by atoms with E-state index < -0.39 is 6.10 Å². The Labute approximate surface area is 98.1 Å². The van der Waals surface area contributed by atoms with Gasteiger partial charge in [0.25, 0.3) is 0 Å². The van der Waals surface area contributed by atoms with Gasteiger partial charge in [0.05, 0.1) is 12.7 Å². The summed E-state index contributed by atoms with van der Waals surface area (Å²) in [5, 5.41) is 9.83. The monoisotopic (exact) mass is 274 g/mol. The van der Waals surface area contributed by atoms with Gasteiger partial charge in [-0.1, -0.05) is 28.1 Å². The van der Waals surface area contributed by atoms with E-state index in [1.807, 2.05) is 31.2 Å². The van der Waals surface area contributed by atoms with Gasteiger partial charge in [0, 0.05) is 5.33 Å². The summed E-state index contributed by atoms with van der Waals surface area (Å²) >= 11 is 3.18. The van der Waals surface area contributed by atoms with Crippen LogP contribution in [0.3, 0.4) is 0 Å². The summed E-state index contributed by atoms with van der Waals surface area (Å²) < 4.78 is 10.8. The average Bonchev–Trinajstić information content (AvgIpc) is 2.28. The van der Waals surface area contributed by atoms with Crippen LogP contribution in [0.2, 0.25) is 0 Å². The number of para-hydroxylation sites is 2. The molecule has 15 heavy (non-hydrogen) atoms. The van der Waals surface area contributed by atoms with Crippen molar-refractivity contribution in [2.45, 2.75) is 13.0 Å². The van der Waals surface area contributed by atoms with Crippen LogP contribution in [0.4, 0.5) is 0 Å². The molecule has 1 aromatic rings. The fourth-order valence-electron chi connectivity index (χ4n) is 1.07. The van der Waals surface area contributed by atoms with Crippen molar-refractivity contribution in [3.63, 3.8) is 0 Å². The van der Waals surface area contributed by atoms with E-state index in [0.717, 1.165) is 0 Å². The van der Waals surface area contributed by atoms with Gasteiger partial charge in [-0.15, -0.1) is 0 Å². The predicted octanol–water partition coefficient (Wildman–Crippen LogP) is 2.22. The molecule has 0 bridgehead atoms. The molecule has 0 radical (unpaired) electrons. The first kappa shape index (κ1) is 12.3. The van der Waals surface area contributed by atoms with E-state index in [1.165, 1.54) is 0 Å². The van der Waals surface area contributed by atoms with Crippen LogP contribution in [0.5, 0.6) is 11.5 Å². The molecule has 0 heterocycles. The lowest BCUT2D eigenvalue weighted by Crippen LogP contribution is -2.18. The summed E-state index contributed by atoms with van der Waals surface area (Å²) in [7, 11) is 0. The van der Waals surface area contributed by atoms with Gasteiger partial charge >= 0.3 is 0 Å². The minimum atomic E-state index is -0.500. The van der Waals surface area contributed by atoms with Crippen LogP contribution in [0.25, 0.3) is 0 Å². The summed E-state index contributed by atoms with van der Waals surface area (Å²) in [6, 6.07) is 7.43. The molecule has 0 aliphatic rings. The first-order valence-corrected chi connectivity index (χ1v) is 5.98. The fraction of sp³-hybridized carbons (Fsp3) is 0.455. The van der Waals surface area contributed by atoms with Crippen molar-refractivity contribution >= 4 is 15.9 Å². The summed E-state index contributed by atoms with van der Waals surface area (Å²) in [4.78, 5) is 0. The van der Waals surface area contributed by atoms with Crippen molar-refractivity contribution in [2.75, 3.05) is 18.5 Å². The topological polar surface area (TPSA) is 38.7 Å². The van der Waals surface area contributed by atoms with Crippen molar-refractivity contribution in [3.8, 4) is 11.5 Å². The molecule has 1 atom stereocenters. The molecule has 1 aromatic carbocycles. The zero-order valence-electron chi connectivity index (χ0n) is 8.65. The van der Waals surface area contributed by atoms with Gasteiger partial charge in [-0.3, -0.25) is 0 Å². The maximum absolute atomic E-state index is 9.33.